The highest BCUT2D eigenvalue weighted by Gasteiger charge is 2.06. The van der Waals surface area contributed by atoms with E-state index in [1.54, 1.807) is 7.11 Å². The van der Waals surface area contributed by atoms with Gasteiger partial charge in [0.2, 0.25) is 0 Å². The lowest BCUT2D eigenvalue weighted by molar-refractivity contribution is 0.412. The Morgan fingerprint density at radius 3 is 2.70 bits per heavy atom. The summed E-state index contributed by atoms with van der Waals surface area (Å²) < 4.78 is 8.22. The van der Waals surface area contributed by atoms with E-state index in [0.29, 0.717) is 0 Å². The molecule has 5 heteroatoms. The fourth-order valence-corrected chi connectivity index (χ4v) is 2.61. The summed E-state index contributed by atoms with van der Waals surface area (Å²) in [6, 6.07) is 8.14. The maximum Gasteiger partial charge on any atom is 0.133 e. The molecule has 108 valence electrons. The molecule has 2 rings (SSSR count). The summed E-state index contributed by atoms with van der Waals surface area (Å²) in [7, 11) is 1.67. The van der Waals surface area contributed by atoms with Crippen LogP contribution in [0.4, 0.5) is 5.69 Å². The maximum atomic E-state index is 5.23. The highest BCUT2D eigenvalue weighted by atomic mass is 79.9. The Morgan fingerprint density at radius 1 is 1.30 bits per heavy atom. The van der Waals surface area contributed by atoms with E-state index >= 15 is 0 Å². The van der Waals surface area contributed by atoms with Gasteiger partial charge in [0.15, 0.2) is 0 Å². The van der Waals surface area contributed by atoms with Gasteiger partial charge in [0.25, 0.3) is 0 Å². The molecule has 0 radical (unpaired) electrons. The van der Waals surface area contributed by atoms with Gasteiger partial charge in [0.1, 0.15) is 5.75 Å². The second kappa shape index (κ2) is 6.79. The second-order valence-electron chi connectivity index (χ2n) is 4.50. The first kappa shape index (κ1) is 14.9. The molecule has 1 aromatic heterocycles. The van der Waals surface area contributed by atoms with E-state index in [1.165, 1.54) is 5.69 Å². The van der Waals surface area contributed by atoms with E-state index in [0.717, 1.165) is 41.1 Å². The van der Waals surface area contributed by atoms with Gasteiger partial charge < -0.3 is 10.1 Å². The third kappa shape index (κ3) is 3.33. The first-order chi connectivity index (χ1) is 9.67. The van der Waals surface area contributed by atoms with Crippen LogP contribution in [0.15, 0.2) is 28.7 Å². The molecule has 1 aromatic carbocycles. The van der Waals surface area contributed by atoms with Crippen LogP contribution < -0.4 is 10.1 Å². The lowest BCUT2D eigenvalue weighted by atomic mass is 10.2. The van der Waals surface area contributed by atoms with Crippen LogP contribution in [-0.4, -0.2) is 16.9 Å². The molecule has 0 atom stereocenters. The van der Waals surface area contributed by atoms with Crippen molar-refractivity contribution in [1.29, 1.82) is 0 Å². The third-order valence-corrected chi connectivity index (χ3v) is 3.82. The molecule has 0 saturated carbocycles. The quantitative estimate of drug-likeness (QED) is 0.870. The average molecular weight is 338 g/mol. The van der Waals surface area contributed by atoms with Crippen molar-refractivity contribution in [2.24, 2.45) is 0 Å². The number of methoxy groups -OCH3 is 1. The van der Waals surface area contributed by atoms with Crippen LogP contribution in [0.3, 0.4) is 0 Å². The summed E-state index contributed by atoms with van der Waals surface area (Å²) in [5, 5.41) is 7.97. The fourth-order valence-electron chi connectivity index (χ4n) is 2.07. The van der Waals surface area contributed by atoms with Gasteiger partial charge in [0.05, 0.1) is 29.5 Å². The standard InChI is InChI=1S/C15H20BrN3O/c1-4-11-8-13(19(5-2)18-11)10-17-12-6-7-15(20-3)14(16)9-12/h6-9,17H,4-5,10H2,1-3H3. The Bertz CT molecular complexity index is 580. The Hall–Kier alpha value is -1.49. The summed E-state index contributed by atoms with van der Waals surface area (Å²) >= 11 is 3.49. The summed E-state index contributed by atoms with van der Waals surface area (Å²) in [4.78, 5) is 0. The number of rotatable bonds is 6. The fraction of sp³-hybridized carbons (Fsp3) is 0.400. The van der Waals surface area contributed by atoms with Gasteiger partial charge in [-0.2, -0.15) is 5.10 Å². The molecule has 0 spiro atoms. The van der Waals surface area contributed by atoms with E-state index in [-0.39, 0.29) is 0 Å². The van der Waals surface area contributed by atoms with Gasteiger partial charge in [-0.15, -0.1) is 0 Å². The lowest BCUT2D eigenvalue weighted by Gasteiger charge is -2.10. The largest absolute Gasteiger partial charge is 0.496 e. The number of nitrogens with one attached hydrogen (secondary N) is 1. The van der Waals surface area contributed by atoms with Crippen molar-refractivity contribution in [2.75, 3.05) is 12.4 Å². The topological polar surface area (TPSA) is 39.1 Å². The van der Waals surface area contributed by atoms with Gasteiger partial charge in [-0.05, 0) is 53.5 Å². The zero-order valence-corrected chi connectivity index (χ0v) is 13.7. The number of hydrogen-bond acceptors (Lipinski definition) is 3. The third-order valence-electron chi connectivity index (χ3n) is 3.20. The number of aryl methyl sites for hydroxylation is 2. The number of anilines is 1. The van der Waals surface area contributed by atoms with Crippen LogP contribution in [0.1, 0.15) is 25.2 Å². The minimum Gasteiger partial charge on any atom is -0.496 e. The van der Waals surface area contributed by atoms with E-state index in [9.17, 15) is 0 Å². The van der Waals surface area contributed by atoms with Crippen LogP contribution >= 0.6 is 15.9 Å². The van der Waals surface area contributed by atoms with Gasteiger partial charge in [-0.25, -0.2) is 0 Å². The monoisotopic (exact) mass is 337 g/mol. The van der Waals surface area contributed by atoms with Gasteiger partial charge in [-0.3, -0.25) is 4.68 Å². The predicted octanol–water partition coefficient (Wildman–Crippen LogP) is 3.85. The van der Waals surface area contributed by atoms with Crippen LogP contribution in [0.2, 0.25) is 0 Å². The molecule has 20 heavy (non-hydrogen) atoms. The van der Waals surface area contributed by atoms with Crippen LogP contribution in [0, 0.1) is 0 Å². The Morgan fingerprint density at radius 2 is 2.10 bits per heavy atom. The predicted molar refractivity (Wildman–Crippen MR) is 85.3 cm³/mol. The summed E-state index contributed by atoms with van der Waals surface area (Å²) in [6.07, 6.45) is 0.966. The van der Waals surface area contributed by atoms with E-state index < -0.39 is 0 Å². The second-order valence-corrected chi connectivity index (χ2v) is 5.35. The SMILES string of the molecule is CCc1cc(CNc2ccc(OC)c(Br)c2)n(CC)n1. The number of aromatic nitrogens is 2. The molecular formula is C15H20BrN3O. The zero-order valence-electron chi connectivity index (χ0n) is 12.1. The van der Waals surface area contributed by atoms with Crippen molar-refractivity contribution < 1.29 is 4.74 Å². The molecule has 0 aliphatic rings. The average Bonchev–Trinajstić information content (AvgIpc) is 2.87. The van der Waals surface area contributed by atoms with Crippen molar-refractivity contribution in [1.82, 2.24) is 9.78 Å². The highest BCUT2D eigenvalue weighted by Crippen LogP contribution is 2.27. The normalized spacial score (nSPS) is 10.6. The molecule has 0 fully saturated rings. The van der Waals surface area contributed by atoms with Crippen LogP contribution in [0.25, 0.3) is 0 Å². The Balaban J connectivity index is 2.08. The molecule has 0 amide bonds. The van der Waals surface area contributed by atoms with Crippen molar-refractivity contribution >= 4 is 21.6 Å². The summed E-state index contributed by atoms with van der Waals surface area (Å²) in [5.41, 5.74) is 3.40. The number of halogens is 1. The number of benzene rings is 1. The Kier molecular flexibility index (Phi) is 5.06. The molecular weight excluding hydrogens is 318 g/mol. The zero-order chi connectivity index (χ0) is 14.5. The van der Waals surface area contributed by atoms with Gasteiger partial charge in [-0.1, -0.05) is 6.92 Å². The Labute approximate surface area is 128 Å². The molecule has 0 aliphatic carbocycles. The molecule has 0 unspecified atom stereocenters. The minimum absolute atomic E-state index is 0.764. The number of ether oxygens (including phenoxy) is 1. The number of nitrogens with zero attached hydrogens (tertiary/aromatic N) is 2. The molecule has 2 aromatic rings. The lowest BCUT2D eigenvalue weighted by Crippen LogP contribution is -2.07. The van der Waals surface area contributed by atoms with Crippen molar-refractivity contribution in [3.05, 3.63) is 40.1 Å². The number of hydrogen-bond donors (Lipinski definition) is 1. The molecule has 1 heterocycles. The van der Waals surface area contributed by atoms with E-state index in [1.807, 2.05) is 22.9 Å². The molecule has 0 bridgehead atoms. The van der Waals surface area contributed by atoms with Crippen LogP contribution in [-0.2, 0) is 19.5 Å². The van der Waals surface area contributed by atoms with Crippen molar-refractivity contribution in [3.63, 3.8) is 0 Å². The van der Waals surface area contributed by atoms with Gasteiger partial charge >= 0.3 is 0 Å². The summed E-state index contributed by atoms with van der Waals surface area (Å²) in [5.74, 6) is 0.836. The summed E-state index contributed by atoms with van der Waals surface area (Å²) in [6.45, 7) is 5.89. The molecule has 4 nitrogen and oxygen atoms in total. The smallest absolute Gasteiger partial charge is 0.133 e. The van der Waals surface area contributed by atoms with Crippen molar-refractivity contribution in [3.8, 4) is 5.75 Å². The highest BCUT2D eigenvalue weighted by molar-refractivity contribution is 9.10. The first-order valence-electron chi connectivity index (χ1n) is 6.81. The molecule has 0 aliphatic heterocycles. The van der Waals surface area contributed by atoms with Crippen LogP contribution in [0.5, 0.6) is 5.75 Å². The minimum atomic E-state index is 0.764. The van der Waals surface area contributed by atoms with Crippen molar-refractivity contribution in [2.45, 2.75) is 33.4 Å². The van der Waals surface area contributed by atoms with E-state index in [4.69, 9.17) is 4.74 Å². The molecule has 1 N–H and O–H groups in total. The molecule has 0 saturated heterocycles. The maximum absolute atomic E-state index is 5.23. The first-order valence-corrected chi connectivity index (χ1v) is 7.60. The van der Waals surface area contributed by atoms with E-state index in [2.05, 4.69) is 46.3 Å². The van der Waals surface area contributed by atoms with Gasteiger partial charge in [0, 0.05) is 12.2 Å².